The molecular formula is C80H134NO8P. The zero-order chi connectivity index (χ0) is 65.5. The number of quaternary nitrogens is 1. The van der Waals surface area contributed by atoms with Crippen LogP contribution in [0.4, 0.5) is 0 Å². The van der Waals surface area contributed by atoms with Crippen LogP contribution in [0.2, 0.25) is 0 Å². The van der Waals surface area contributed by atoms with Gasteiger partial charge in [-0.25, -0.2) is 0 Å². The molecular weight excluding hydrogens is 1130 g/mol. The molecule has 0 bridgehead atoms. The maximum Gasteiger partial charge on any atom is 0.306 e. The molecule has 2 atom stereocenters. The Labute approximate surface area is 554 Å². The van der Waals surface area contributed by atoms with Crippen molar-refractivity contribution in [3.63, 3.8) is 0 Å². The Kier molecular flexibility index (Phi) is 65.6. The highest BCUT2D eigenvalue weighted by atomic mass is 31.2. The summed E-state index contributed by atoms with van der Waals surface area (Å²) in [7, 11) is 1.15. The Morgan fingerprint density at radius 2 is 0.600 bits per heavy atom. The average Bonchev–Trinajstić information content (AvgIpc) is 3.61. The van der Waals surface area contributed by atoms with Gasteiger partial charge < -0.3 is 27.9 Å². The van der Waals surface area contributed by atoms with Crippen molar-refractivity contribution in [3.05, 3.63) is 158 Å². The van der Waals surface area contributed by atoms with Crippen molar-refractivity contribution in [1.82, 2.24) is 0 Å². The standard InChI is InChI=1S/C80H134NO8P/c1-6-8-10-12-14-16-18-20-22-24-26-28-30-32-34-36-38-39-40-41-43-45-47-49-51-53-55-57-59-61-63-65-67-69-71-73-80(83)89-78(77-88-90(84,85)87-75-74-81(3,4)5)76-86-79(82)72-70-68-66-64-62-60-58-56-54-52-50-48-46-44-42-37-35-33-31-29-27-25-23-21-19-17-15-13-11-9-7-2/h8-11,14-17,20-23,26-29,32,34,38-39,41,43,47,49,53,55,78H,6-7,12-13,18-19,24-25,30-31,33,35-37,40,42,44-46,48,50-52,54,56-77H2,1-5H3/b10-8-,11-9-,16-14-,17-15-,22-20-,23-21-,28-26-,29-27-,34-32-,39-38-,43-41-,49-47-,55-53-. The maximum absolute atomic E-state index is 12.9. The smallest absolute Gasteiger partial charge is 0.306 e. The summed E-state index contributed by atoms with van der Waals surface area (Å²) in [5.41, 5.74) is 0. The van der Waals surface area contributed by atoms with Crippen molar-refractivity contribution in [2.24, 2.45) is 0 Å². The third-order valence-electron chi connectivity index (χ3n) is 15.0. The number of rotatable bonds is 65. The summed E-state index contributed by atoms with van der Waals surface area (Å²) in [4.78, 5) is 38.1. The van der Waals surface area contributed by atoms with Gasteiger partial charge in [0, 0.05) is 12.8 Å². The number of esters is 2. The first kappa shape index (κ1) is 85.6. The molecule has 0 fully saturated rings. The number of ether oxygens (including phenoxy) is 2. The van der Waals surface area contributed by atoms with E-state index in [2.05, 4.69) is 172 Å². The third kappa shape index (κ3) is 72.7. The highest BCUT2D eigenvalue weighted by Crippen LogP contribution is 2.38. The second kappa shape index (κ2) is 69.0. The van der Waals surface area contributed by atoms with Gasteiger partial charge in [0.2, 0.25) is 0 Å². The van der Waals surface area contributed by atoms with Crippen molar-refractivity contribution in [3.8, 4) is 0 Å². The van der Waals surface area contributed by atoms with Crippen LogP contribution in [-0.4, -0.2) is 70.0 Å². The first-order valence-electron chi connectivity index (χ1n) is 36.2. The zero-order valence-corrected chi connectivity index (χ0v) is 59.2. The molecule has 0 spiro atoms. The van der Waals surface area contributed by atoms with Crippen LogP contribution in [0.5, 0.6) is 0 Å². The Bertz CT molecular complexity index is 2080. The predicted molar refractivity (Wildman–Crippen MR) is 387 cm³/mol. The van der Waals surface area contributed by atoms with Gasteiger partial charge in [-0.1, -0.05) is 307 Å². The summed E-state index contributed by atoms with van der Waals surface area (Å²) < 4.78 is 34.3. The first-order chi connectivity index (χ1) is 44.0. The highest BCUT2D eigenvalue weighted by Gasteiger charge is 2.22. The zero-order valence-electron chi connectivity index (χ0n) is 58.3. The van der Waals surface area contributed by atoms with Gasteiger partial charge >= 0.3 is 11.9 Å². The van der Waals surface area contributed by atoms with Crippen LogP contribution < -0.4 is 4.89 Å². The fourth-order valence-corrected chi connectivity index (χ4v) is 10.3. The lowest BCUT2D eigenvalue weighted by Crippen LogP contribution is -2.37. The minimum Gasteiger partial charge on any atom is -0.756 e. The fourth-order valence-electron chi connectivity index (χ4n) is 9.58. The Morgan fingerprint density at radius 1 is 0.344 bits per heavy atom. The van der Waals surface area contributed by atoms with E-state index in [-0.39, 0.29) is 32.0 Å². The Morgan fingerprint density at radius 3 is 0.889 bits per heavy atom. The molecule has 9 nitrogen and oxygen atoms in total. The lowest BCUT2D eigenvalue weighted by molar-refractivity contribution is -0.870. The van der Waals surface area contributed by atoms with Crippen LogP contribution in [0.1, 0.15) is 284 Å². The summed E-state index contributed by atoms with van der Waals surface area (Å²) in [6.45, 7) is 4.01. The molecule has 0 radical (unpaired) electrons. The minimum atomic E-state index is -4.66. The predicted octanol–water partition coefficient (Wildman–Crippen LogP) is 23.3. The molecule has 512 valence electrons. The first-order valence-corrected chi connectivity index (χ1v) is 37.7. The molecule has 0 saturated heterocycles. The SMILES string of the molecule is CC/C=C\C/C=C\C/C=C\C/C=C\C/C=C\C/C=C\C/C=C\C/C=C\C/C=C\CCCCCCCCCC(=O)OC(COC(=O)CCCCCCCCCCCCCCCCCCCC/C=C\C/C=C\C/C=C\C/C=C\CC)COP(=O)([O-])OCC[N+](C)(C)C. The number of allylic oxidation sites excluding steroid dienone is 26. The van der Waals surface area contributed by atoms with E-state index in [4.69, 9.17) is 18.5 Å². The summed E-state index contributed by atoms with van der Waals surface area (Å²) >= 11 is 0. The van der Waals surface area contributed by atoms with Crippen LogP contribution in [0.3, 0.4) is 0 Å². The molecule has 90 heavy (non-hydrogen) atoms. The number of carbonyl (C=O) groups is 2. The number of hydrogen-bond donors (Lipinski definition) is 0. The van der Waals surface area contributed by atoms with Crippen molar-refractivity contribution < 1.29 is 42.1 Å². The van der Waals surface area contributed by atoms with Gasteiger partial charge in [-0.05, 0) is 122 Å². The van der Waals surface area contributed by atoms with Gasteiger partial charge in [-0.3, -0.25) is 14.2 Å². The average molecular weight is 1270 g/mol. The lowest BCUT2D eigenvalue weighted by Gasteiger charge is -2.28. The molecule has 0 aliphatic rings. The van der Waals surface area contributed by atoms with Crippen molar-refractivity contribution in [2.75, 3.05) is 47.5 Å². The third-order valence-corrected chi connectivity index (χ3v) is 16.0. The van der Waals surface area contributed by atoms with E-state index >= 15 is 0 Å². The quantitative estimate of drug-likeness (QED) is 0.0195. The molecule has 0 amide bonds. The summed E-state index contributed by atoms with van der Waals surface area (Å²) in [6, 6.07) is 0. The molecule has 2 unspecified atom stereocenters. The van der Waals surface area contributed by atoms with Crippen LogP contribution >= 0.6 is 7.82 Å². The number of unbranched alkanes of at least 4 members (excludes halogenated alkanes) is 25. The van der Waals surface area contributed by atoms with E-state index in [1.165, 1.54) is 116 Å². The fraction of sp³-hybridized carbons (Fsp3) is 0.650. The van der Waals surface area contributed by atoms with Gasteiger partial charge in [-0.15, -0.1) is 0 Å². The van der Waals surface area contributed by atoms with Crippen LogP contribution in [-0.2, 0) is 32.7 Å². The number of nitrogens with zero attached hydrogens (tertiary/aromatic N) is 1. The molecule has 0 aliphatic heterocycles. The van der Waals surface area contributed by atoms with Gasteiger partial charge in [0.25, 0.3) is 7.82 Å². The summed E-state index contributed by atoms with van der Waals surface area (Å²) in [5.74, 6) is -0.848. The van der Waals surface area contributed by atoms with E-state index in [0.29, 0.717) is 17.4 Å². The van der Waals surface area contributed by atoms with Gasteiger partial charge in [0.1, 0.15) is 19.8 Å². The molecule has 0 aromatic rings. The molecule has 0 rings (SSSR count). The van der Waals surface area contributed by atoms with Gasteiger partial charge in [0.15, 0.2) is 6.10 Å². The normalized spacial score (nSPS) is 14.1. The van der Waals surface area contributed by atoms with E-state index in [0.717, 1.165) is 135 Å². The highest BCUT2D eigenvalue weighted by molar-refractivity contribution is 7.45. The van der Waals surface area contributed by atoms with Crippen LogP contribution in [0, 0.1) is 0 Å². The number of likely N-dealkylation sites (N-methyl/N-ethyl adjacent to an activating group) is 1. The molecule has 0 aromatic heterocycles. The largest absolute Gasteiger partial charge is 0.756 e. The molecule has 10 heteroatoms. The lowest BCUT2D eigenvalue weighted by atomic mass is 10.0. The van der Waals surface area contributed by atoms with E-state index in [1.54, 1.807) is 0 Å². The van der Waals surface area contributed by atoms with E-state index < -0.39 is 26.5 Å². The van der Waals surface area contributed by atoms with Gasteiger partial charge in [0.05, 0.1) is 27.7 Å². The van der Waals surface area contributed by atoms with Gasteiger partial charge in [-0.2, -0.15) is 0 Å². The Hall–Kier alpha value is -4.37. The maximum atomic E-state index is 12.9. The van der Waals surface area contributed by atoms with Crippen molar-refractivity contribution in [1.29, 1.82) is 0 Å². The minimum absolute atomic E-state index is 0.0400. The molecule has 0 aliphatic carbocycles. The second-order valence-corrected chi connectivity index (χ2v) is 26.2. The van der Waals surface area contributed by atoms with Crippen molar-refractivity contribution >= 4 is 19.8 Å². The summed E-state index contributed by atoms with van der Waals surface area (Å²) in [6.07, 6.45) is 103. The number of hydrogen-bond acceptors (Lipinski definition) is 8. The topological polar surface area (TPSA) is 111 Å². The molecule has 0 heterocycles. The number of phosphoric acid groups is 1. The van der Waals surface area contributed by atoms with Crippen molar-refractivity contribution in [2.45, 2.75) is 290 Å². The molecule has 0 aromatic carbocycles. The van der Waals surface area contributed by atoms with E-state index in [9.17, 15) is 19.0 Å². The molecule has 0 N–H and O–H groups in total. The number of phosphoric ester groups is 1. The number of carbonyl (C=O) groups excluding carboxylic acids is 2. The Balaban J connectivity index is 4.10. The van der Waals surface area contributed by atoms with Crippen LogP contribution in [0.15, 0.2) is 158 Å². The van der Waals surface area contributed by atoms with Crippen LogP contribution in [0.25, 0.3) is 0 Å². The monoisotopic (exact) mass is 1270 g/mol. The van der Waals surface area contributed by atoms with E-state index in [1.807, 2.05) is 21.1 Å². The second-order valence-electron chi connectivity index (χ2n) is 24.8. The summed E-state index contributed by atoms with van der Waals surface area (Å²) in [5, 5.41) is 0. The molecule has 0 saturated carbocycles.